The van der Waals surface area contributed by atoms with Gasteiger partial charge >= 0.3 is 0 Å². The van der Waals surface area contributed by atoms with Gasteiger partial charge in [0.25, 0.3) is 0 Å². The molecule has 1 aromatic rings. The first-order valence-corrected chi connectivity index (χ1v) is 8.15. The molecule has 3 nitrogen and oxygen atoms in total. The van der Waals surface area contributed by atoms with Crippen molar-refractivity contribution in [1.29, 1.82) is 5.26 Å². The van der Waals surface area contributed by atoms with Crippen LogP contribution < -0.4 is 4.90 Å². The summed E-state index contributed by atoms with van der Waals surface area (Å²) in [5, 5.41) is 9.28. The maximum atomic E-state index is 9.28. The minimum Gasteiger partial charge on any atom is -0.369 e. The van der Waals surface area contributed by atoms with Gasteiger partial charge in [-0.1, -0.05) is 18.6 Å². The number of rotatable bonds is 2. The van der Waals surface area contributed by atoms with E-state index < -0.39 is 0 Å². The lowest BCUT2D eigenvalue weighted by Crippen LogP contribution is -2.51. The average Bonchev–Trinajstić information content (AvgIpc) is 2.99. The van der Waals surface area contributed by atoms with Crippen LogP contribution in [0.3, 0.4) is 0 Å². The van der Waals surface area contributed by atoms with E-state index in [4.69, 9.17) is 0 Å². The molecular formula is C18H25N3. The van der Waals surface area contributed by atoms with Crippen molar-refractivity contribution < 1.29 is 0 Å². The van der Waals surface area contributed by atoms with Crippen LogP contribution in [0.2, 0.25) is 0 Å². The Morgan fingerprint density at radius 2 is 1.86 bits per heavy atom. The average molecular weight is 283 g/mol. The van der Waals surface area contributed by atoms with Crippen molar-refractivity contribution in [3.63, 3.8) is 0 Å². The summed E-state index contributed by atoms with van der Waals surface area (Å²) >= 11 is 0. The van der Waals surface area contributed by atoms with Gasteiger partial charge in [-0.05, 0) is 43.9 Å². The minimum absolute atomic E-state index is 0.261. The van der Waals surface area contributed by atoms with Gasteiger partial charge < -0.3 is 4.90 Å². The number of hydrogen-bond donors (Lipinski definition) is 0. The lowest BCUT2D eigenvalue weighted by Gasteiger charge is -2.40. The normalized spacial score (nSPS) is 26.8. The molecule has 0 aromatic heterocycles. The highest BCUT2D eigenvalue weighted by Crippen LogP contribution is 2.31. The van der Waals surface area contributed by atoms with Crippen molar-refractivity contribution in [2.24, 2.45) is 5.92 Å². The lowest BCUT2D eigenvalue weighted by molar-refractivity contribution is 0.168. The molecule has 0 bridgehead atoms. The predicted molar refractivity (Wildman–Crippen MR) is 86.4 cm³/mol. The maximum absolute atomic E-state index is 9.28. The first-order valence-electron chi connectivity index (χ1n) is 8.15. The number of piperazine rings is 1. The summed E-state index contributed by atoms with van der Waals surface area (Å²) in [6.45, 7) is 8.76. The van der Waals surface area contributed by atoms with Crippen LogP contribution in [-0.4, -0.2) is 37.1 Å². The quantitative estimate of drug-likeness (QED) is 0.835. The van der Waals surface area contributed by atoms with Gasteiger partial charge in [0, 0.05) is 37.9 Å². The fourth-order valence-electron chi connectivity index (χ4n) is 3.90. The van der Waals surface area contributed by atoms with Crippen molar-refractivity contribution in [2.45, 2.75) is 39.2 Å². The van der Waals surface area contributed by atoms with Gasteiger partial charge in [0.05, 0.1) is 12.0 Å². The van der Waals surface area contributed by atoms with Gasteiger partial charge in [0.1, 0.15) is 0 Å². The SMILES string of the molecule is Cc1cccc(N2CCN(C3CCCC3C#N)CC2)c1C. The van der Waals surface area contributed by atoms with E-state index in [2.05, 4.69) is 47.9 Å². The molecule has 1 saturated carbocycles. The largest absolute Gasteiger partial charge is 0.369 e. The van der Waals surface area contributed by atoms with E-state index in [1.54, 1.807) is 0 Å². The molecule has 1 aliphatic heterocycles. The van der Waals surface area contributed by atoms with Crippen molar-refractivity contribution in [3.05, 3.63) is 29.3 Å². The number of hydrogen-bond acceptors (Lipinski definition) is 3. The third-order valence-corrected chi connectivity index (χ3v) is 5.35. The highest BCUT2D eigenvalue weighted by Gasteiger charge is 2.33. The minimum atomic E-state index is 0.261. The van der Waals surface area contributed by atoms with E-state index in [0.717, 1.165) is 32.6 Å². The van der Waals surface area contributed by atoms with Crippen LogP contribution in [0.4, 0.5) is 5.69 Å². The molecule has 0 amide bonds. The Bertz CT molecular complexity index is 538. The monoisotopic (exact) mass is 283 g/mol. The molecule has 2 aliphatic rings. The summed E-state index contributed by atoms with van der Waals surface area (Å²) in [4.78, 5) is 5.07. The Hall–Kier alpha value is -1.53. The predicted octanol–water partition coefficient (Wildman–Crippen LogP) is 3.12. The van der Waals surface area contributed by atoms with E-state index in [9.17, 15) is 5.26 Å². The fourth-order valence-corrected chi connectivity index (χ4v) is 3.90. The molecule has 1 aliphatic carbocycles. The van der Waals surface area contributed by atoms with E-state index in [1.165, 1.54) is 29.7 Å². The van der Waals surface area contributed by atoms with Gasteiger partial charge in [-0.2, -0.15) is 5.26 Å². The molecule has 21 heavy (non-hydrogen) atoms. The van der Waals surface area contributed by atoms with Crippen molar-refractivity contribution in [2.75, 3.05) is 31.1 Å². The first-order chi connectivity index (χ1) is 10.2. The van der Waals surface area contributed by atoms with Crippen LogP contribution in [0.5, 0.6) is 0 Å². The van der Waals surface area contributed by atoms with Gasteiger partial charge in [0.2, 0.25) is 0 Å². The summed E-state index contributed by atoms with van der Waals surface area (Å²) in [7, 11) is 0. The summed E-state index contributed by atoms with van der Waals surface area (Å²) in [5.41, 5.74) is 4.16. The number of benzene rings is 1. The molecule has 3 rings (SSSR count). The van der Waals surface area contributed by atoms with Crippen LogP contribution in [0.25, 0.3) is 0 Å². The second kappa shape index (κ2) is 6.07. The van der Waals surface area contributed by atoms with Crippen LogP contribution in [0.15, 0.2) is 18.2 Å². The molecule has 2 fully saturated rings. The molecule has 1 saturated heterocycles. The first kappa shape index (κ1) is 14.4. The van der Waals surface area contributed by atoms with Crippen LogP contribution >= 0.6 is 0 Å². The Morgan fingerprint density at radius 3 is 2.57 bits per heavy atom. The van der Waals surface area contributed by atoms with Crippen molar-refractivity contribution >= 4 is 5.69 Å². The second-order valence-corrected chi connectivity index (χ2v) is 6.48. The molecule has 0 N–H and O–H groups in total. The van der Waals surface area contributed by atoms with Crippen LogP contribution in [0, 0.1) is 31.1 Å². The van der Waals surface area contributed by atoms with Gasteiger partial charge in [0.15, 0.2) is 0 Å². The second-order valence-electron chi connectivity index (χ2n) is 6.48. The van der Waals surface area contributed by atoms with E-state index >= 15 is 0 Å². The Balaban J connectivity index is 1.65. The van der Waals surface area contributed by atoms with E-state index in [0.29, 0.717) is 6.04 Å². The zero-order valence-electron chi connectivity index (χ0n) is 13.2. The van der Waals surface area contributed by atoms with E-state index in [-0.39, 0.29) is 5.92 Å². The highest BCUT2D eigenvalue weighted by atomic mass is 15.3. The smallest absolute Gasteiger partial charge is 0.0672 e. The summed E-state index contributed by atoms with van der Waals surface area (Å²) in [5.74, 6) is 0.261. The van der Waals surface area contributed by atoms with Gasteiger partial charge in [-0.3, -0.25) is 4.90 Å². The molecule has 112 valence electrons. The molecule has 3 heteroatoms. The molecular weight excluding hydrogens is 258 g/mol. The third kappa shape index (κ3) is 2.78. The standard InChI is InChI=1S/C18H25N3/c1-14-5-3-7-17(15(14)2)20-9-11-21(12-10-20)18-8-4-6-16(18)13-19/h3,5,7,16,18H,4,6,8-12H2,1-2H3. The van der Waals surface area contributed by atoms with Crippen molar-refractivity contribution in [1.82, 2.24) is 4.90 Å². The van der Waals surface area contributed by atoms with E-state index in [1.807, 2.05) is 0 Å². The van der Waals surface area contributed by atoms with Gasteiger partial charge in [-0.25, -0.2) is 0 Å². The Morgan fingerprint density at radius 1 is 1.10 bits per heavy atom. The molecule has 0 spiro atoms. The zero-order chi connectivity index (χ0) is 14.8. The third-order valence-electron chi connectivity index (χ3n) is 5.35. The Kier molecular flexibility index (Phi) is 4.17. The van der Waals surface area contributed by atoms with Crippen LogP contribution in [0.1, 0.15) is 30.4 Å². The summed E-state index contributed by atoms with van der Waals surface area (Å²) in [6, 6.07) is 9.61. The number of anilines is 1. The number of nitriles is 1. The maximum Gasteiger partial charge on any atom is 0.0672 e. The summed E-state index contributed by atoms with van der Waals surface area (Å²) in [6.07, 6.45) is 3.53. The number of aryl methyl sites for hydroxylation is 1. The topological polar surface area (TPSA) is 30.3 Å². The fraction of sp³-hybridized carbons (Fsp3) is 0.611. The molecule has 1 aromatic carbocycles. The number of nitrogens with zero attached hydrogens (tertiary/aromatic N) is 3. The van der Waals surface area contributed by atoms with Gasteiger partial charge in [-0.15, -0.1) is 0 Å². The summed E-state index contributed by atoms with van der Waals surface area (Å²) < 4.78 is 0. The molecule has 2 unspecified atom stereocenters. The highest BCUT2D eigenvalue weighted by molar-refractivity contribution is 5.56. The molecule has 2 atom stereocenters. The Labute approximate surface area is 128 Å². The van der Waals surface area contributed by atoms with Crippen LogP contribution in [-0.2, 0) is 0 Å². The molecule has 0 radical (unpaired) electrons. The zero-order valence-corrected chi connectivity index (χ0v) is 13.2. The molecule has 1 heterocycles. The van der Waals surface area contributed by atoms with Crippen molar-refractivity contribution in [3.8, 4) is 6.07 Å². The lowest BCUT2D eigenvalue weighted by atomic mass is 10.0.